The van der Waals surface area contributed by atoms with Gasteiger partial charge in [0.1, 0.15) is 12.6 Å². The van der Waals surface area contributed by atoms with Gasteiger partial charge in [0.25, 0.3) is 10.0 Å². The zero-order chi connectivity index (χ0) is 29.6. The van der Waals surface area contributed by atoms with Crippen molar-refractivity contribution in [2.24, 2.45) is 0 Å². The zero-order valence-electron chi connectivity index (χ0n) is 24.5. The fraction of sp³-hybridized carbons (Fsp3) is 0.394. The first-order chi connectivity index (χ1) is 19.6. The average molecular weight is 576 g/mol. The molecule has 0 radical (unpaired) electrons. The first-order valence-corrected chi connectivity index (χ1v) is 15.8. The van der Waals surface area contributed by atoms with Crippen molar-refractivity contribution < 1.29 is 18.0 Å². The summed E-state index contributed by atoms with van der Waals surface area (Å²) in [6, 6.07) is 20.9. The molecule has 0 bridgehead atoms. The van der Waals surface area contributed by atoms with Gasteiger partial charge in [-0.2, -0.15) is 0 Å². The lowest BCUT2D eigenvalue weighted by Gasteiger charge is -2.34. The van der Waals surface area contributed by atoms with Crippen LogP contribution in [0.1, 0.15) is 61.3 Å². The second-order valence-corrected chi connectivity index (χ2v) is 13.0. The Balaban J connectivity index is 1.73. The summed E-state index contributed by atoms with van der Waals surface area (Å²) in [6.07, 6.45) is 4.44. The van der Waals surface area contributed by atoms with Crippen LogP contribution in [0.15, 0.2) is 77.7 Å². The minimum absolute atomic E-state index is 0.100. The molecule has 1 atom stereocenters. The maximum atomic E-state index is 14.2. The molecule has 1 N–H and O–H groups in total. The highest BCUT2D eigenvalue weighted by Crippen LogP contribution is 2.27. The Bertz CT molecular complexity index is 1450. The Morgan fingerprint density at radius 2 is 1.54 bits per heavy atom. The highest BCUT2D eigenvalue weighted by molar-refractivity contribution is 7.92. The topological polar surface area (TPSA) is 86.8 Å². The minimum atomic E-state index is -4.08. The van der Waals surface area contributed by atoms with Crippen molar-refractivity contribution in [3.05, 3.63) is 95.1 Å². The number of nitrogens with one attached hydrogen (secondary N) is 1. The molecule has 0 aromatic heterocycles. The van der Waals surface area contributed by atoms with Crippen LogP contribution in [0.4, 0.5) is 5.69 Å². The van der Waals surface area contributed by atoms with E-state index in [-0.39, 0.29) is 23.4 Å². The van der Waals surface area contributed by atoms with E-state index in [4.69, 9.17) is 0 Å². The lowest BCUT2D eigenvalue weighted by Crippen LogP contribution is -2.53. The molecule has 0 aliphatic heterocycles. The van der Waals surface area contributed by atoms with E-state index in [0.29, 0.717) is 12.1 Å². The summed E-state index contributed by atoms with van der Waals surface area (Å²) in [5.74, 6) is -0.622. The van der Waals surface area contributed by atoms with Crippen LogP contribution in [-0.2, 0) is 26.2 Å². The van der Waals surface area contributed by atoms with Gasteiger partial charge in [-0.25, -0.2) is 8.42 Å². The molecule has 8 heteroatoms. The summed E-state index contributed by atoms with van der Waals surface area (Å²) in [5.41, 5.74) is 4.12. The quantitative estimate of drug-likeness (QED) is 0.319. The van der Waals surface area contributed by atoms with E-state index in [0.717, 1.165) is 47.9 Å². The molecule has 1 fully saturated rings. The van der Waals surface area contributed by atoms with Gasteiger partial charge in [-0.1, -0.05) is 73.9 Å². The molecule has 3 aromatic carbocycles. The first kappa shape index (κ1) is 30.3. The van der Waals surface area contributed by atoms with E-state index in [1.165, 1.54) is 16.4 Å². The van der Waals surface area contributed by atoms with Gasteiger partial charge in [-0.05, 0) is 81.0 Å². The van der Waals surface area contributed by atoms with E-state index in [1.807, 2.05) is 58.0 Å². The normalized spacial score (nSPS) is 14.4. The number of amides is 2. The van der Waals surface area contributed by atoms with Crippen LogP contribution in [0.2, 0.25) is 0 Å². The van der Waals surface area contributed by atoms with Gasteiger partial charge in [-0.15, -0.1) is 0 Å². The Kier molecular flexibility index (Phi) is 9.86. The van der Waals surface area contributed by atoms with Crippen molar-refractivity contribution in [1.29, 1.82) is 0 Å². The highest BCUT2D eigenvalue weighted by Gasteiger charge is 2.34. The molecule has 0 unspecified atom stereocenters. The Hall–Kier alpha value is -3.65. The summed E-state index contributed by atoms with van der Waals surface area (Å²) in [6.45, 7) is 7.43. The summed E-state index contributed by atoms with van der Waals surface area (Å²) in [7, 11) is -4.08. The van der Waals surface area contributed by atoms with Gasteiger partial charge in [0.2, 0.25) is 11.8 Å². The van der Waals surface area contributed by atoms with E-state index < -0.39 is 28.5 Å². The number of rotatable bonds is 11. The zero-order valence-corrected chi connectivity index (χ0v) is 25.3. The predicted molar refractivity (Wildman–Crippen MR) is 163 cm³/mol. The van der Waals surface area contributed by atoms with Crippen LogP contribution in [0.3, 0.4) is 0 Å². The molecule has 1 aliphatic carbocycles. The lowest BCUT2D eigenvalue weighted by molar-refractivity contribution is -0.140. The van der Waals surface area contributed by atoms with Crippen LogP contribution in [0, 0.1) is 20.8 Å². The average Bonchev–Trinajstić information content (AvgIpc) is 3.44. The number of aryl methyl sites for hydroxylation is 3. The number of anilines is 1. The third kappa shape index (κ3) is 7.55. The SMILES string of the molecule is CC[C@H](C(=O)NC1CCCC1)N(Cc1cccc(C)c1)C(=O)CN(c1cc(C)cc(C)c1)S(=O)(=O)c1ccccc1. The van der Waals surface area contributed by atoms with E-state index in [9.17, 15) is 18.0 Å². The number of carbonyl (C=O) groups is 2. The maximum Gasteiger partial charge on any atom is 0.264 e. The van der Waals surface area contributed by atoms with Gasteiger partial charge in [0, 0.05) is 12.6 Å². The molecule has 1 saturated carbocycles. The van der Waals surface area contributed by atoms with Crippen molar-refractivity contribution in [3.63, 3.8) is 0 Å². The van der Waals surface area contributed by atoms with Gasteiger partial charge in [-0.3, -0.25) is 13.9 Å². The van der Waals surface area contributed by atoms with Crippen molar-refractivity contribution in [3.8, 4) is 0 Å². The Morgan fingerprint density at radius 3 is 2.15 bits per heavy atom. The molecule has 7 nitrogen and oxygen atoms in total. The summed E-state index contributed by atoms with van der Waals surface area (Å²) < 4.78 is 29.2. The fourth-order valence-corrected chi connectivity index (χ4v) is 7.06. The maximum absolute atomic E-state index is 14.2. The van der Waals surface area contributed by atoms with Crippen LogP contribution < -0.4 is 9.62 Å². The molecule has 1 aliphatic rings. The minimum Gasteiger partial charge on any atom is -0.352 e. The smallest absolute Gasteiger partial charge is 0.264 e. The van der Waals surface area contributed by atoms with Crippen LogP contribution in [0.5, 0.6) is 0 Å². The van der Waals surface area contributed by atoms with Gasteiger partial charge < -0.3 is 10.2 Å². The third-order valence-electron chi connectivity index (χ3n) is 7.63. The molecular formula is C33H41N3O4S. The van der Waals surface area contributed by atoms with Gasteiger partial charge in [0.05, 0.1) is 10.6 Å². The molecule has 218 valence electrons. The molecule has 0 spiro atoms. The largest absolute Gasteiger partial charge is 0.352 e. The van der Waals surface area contributed by atoms with Crippen molar-refractivity contribution >= 4 is 27.5 Å². The number of benzene rings is 3. The van der Waals surface area contributed by atoms with Crippen LogP contribution in [0.25, 0.3) is 0 Å². The number of hydrogen-bond acceptors (Lipinski definition) is 4. The number of hydrogen-bond donors (Lipinski definition) is 1. The molecule has 0 heterocycles. The standard InChI is InChI=1S/C33H41N3O4S/c1-5-31(33(38)34-28-14-9-10-15-28)35(22-27-13-11-12-24(2)19-27)32(37)23-36(29-20-25(3)18-26(4)21-29)41(39,40)30-16-7-6-8-17-30/h6-8,11-13,16-21,28,31H,5,9-10,14-15,22-23H2,1-4H3,(H,34,38)/t31-/m1/s1. The third-order valence-corrected chi connectivity index (χ3v) is 9.42. The van der Waals surface area contributed by atoms with Crippen molar-refractivity contribution in [2.45, 2.75) is 83.3 Å². The summed E-state index contributed by atoms with van der Waals surface area (Å²) in [4.78, 5) is 29.5. The van der Waals surface area contributed by atoms with Crippen LogP contribution >= 0.6 is 0 Å². The molecule has 4 rings (SSSR count). The monoisotopic (exact) mass is 575 g/mol. The number of nitrogens with zero attached hydrogens (tertiary/aromatic N) is 2. The molecule has 2 amide bonds. The molecular weight excluding hydrogens is 534 g/mol. The second-order valence-electron chi connectivity index (χ2n) is 11.1. The van der Waals surface area contributed by atoms with Crippen LogP contribution in [-0.4, -0.2) is 43.8 Å². The Labute approximate surface area is 244 Å². The molecule has 41 heavy (non-hydrogen) atoms. The number of sulfonamides is 1. The summed E-state index contributed by atoms with van der Waals surface area (Å²) >= 11 is 0. The Morgan fingerprint density at radius 1 is 0.878 bits per heavy atom. The van der Waals surface area contributed by atoms with Crippen molar-refractivity contribution in [2.75, 3.05) is 10.8 Å². The fourth-order valence-electron chi connectivity index (χ4n) is 5.64. The predicted octanol–water partition coefficient (Wildman–Crippen LogP) is 5.67. The van der Waals surface area contributed by atoms with Crippen molar-refractivity contribution in [1.82, 2.24) is 10.2 Å². The first-order valence-electron chi connectivity index (χ1n) is 14.4. The van der Waals surface area contributed by atoms with Gasteiger partial charge in [0.15, 0.2) is 0 Å². The highest BCUT2D eigenvalue weighted by atomic mass is 32.2. The van der Waals surface area contributed by atoms with E-state index in [2.05, 4.69) is 5.32 Å². The second kappa shape index (κ2) is 13.3. The lowest BCUT2D eigenvalue weighted by atomic mass is 10.1. The van der Waals surface area contributed by atoms with E-state index >= 15 is 0 Å². The molecule has 0 saturated heterocycles. The summed E-state index contributed by atoms with van der Waals surface area (Å²) in [5, 5.41) is 3.15. The number of carbonyl (C=O) groups excluding carboxylic acids is 2. The van der Waals surface area contributed by atoms with Gasteiger partial charge >= 0.3 is 0 Å². The molecule has 3 aromatic rings. The van der Waals surface area contributed by atoms with E-state index in [1.54, 1.807) is 35.2 Å².